The number of amides is 1. The number of furan rings is 1. The third-order valence-corrected chi connectivity index (χ3v) is 2.92. The van der Waals surface area contributed by atoms with Gasteiger partial charge in [-0.15, -0.1) is 0 Å². The molecule has 0 radical (unpaired) electrons. The second kappa shape index (κ2) is 6.57. The summed E-state index contributed by atoms with van der Waals surface area (Å²) in [7, 11) is 0. The van der Waals surface area contributed by atoms with Crippen LogP contribution in [0, 0.1) is 25.2 Å². The summed E-state index contributed by atoms with van der Waals surface area (Å²) in [5.74, 6) is 0.513. The lowest BCUT2D eigenvalue weighted by atomic mass is 10.1. The predicted molar refractivity (Wildman–Crippen MR) is 77.5 cm³/mol. The van der Waals surface area contributed by atoms with Crippen LogP contribution in [0.1, 0.15) is 22.7 Å². The molecule has 0 aliphatic heterocycles. The van der Waals surface area contributed by atoms with Gasteiger partial charge in [0, 0.05) is 5.69 Å². The van der Waals surface area contributed by atoms with E-state index in [1.54, 1.807) is 31.4 Å². The van der Waals surface area contributed by atoms with Crippen molar-refractivity contribution in [1.82, 2.24) is 10.3 Å². The monoisotopic (exact) mass is 284 g/mol. The van der Waals surface area contributed by atoms with E-state index in [1.165, 1.54) is 0 Å². The summed E-state index contributed by atoms with van der Waals surface area (Å²) in [5.41, 5.74) is 2.52. The van der Waals surface area contributed by atoms with Gasteiger partial charge < -0.3 is 15.1 Å². The minimum Gasteiger partial charge on any atom is -0.467 e. The van der Waals surface area contributed by atoms with Crippen LogP contribution < -0.4 is 10.6 Å². The molecule has 108 valence electrons. The van der Waals surface area contributed by atoms with Gasteiger partial charge in [-0.25, -0.2) is 0 Å². The lowest BCUT2D eigenvalue weighted by molar-refractivity contribution is -0.119. The fraction of sp³-hybridized carbons (Fsp3) is 0.267. The van der Waals surface area contributed by atoms with Gasteiger partial charge >= 0.3 is 0 Å². The van der Waals surface area contributed by atoms with Crippen LogP contribution in [0.5, 0.6) is 0 Å². The number of hydrogen-bond donors (Lipinski definition) is 2. The fourth-order valence-corrected chi connectivity index (χ4v) is 1.95. The summed E-state index contributed by atoms with van der Waals surface area (Å²) in [6.45, 7) is 4.04. The number of nitrogens with one attached hydrogen (secondary N) is 2. The van der Waals surface area contributed by atoms with Crippen LogP contribution in [0.15, 0.2) is 28.9 Å². The molecule has 21 heavy (non-hydrogen) atoms. The van der Waals surface area contributed by atoms with Crippen molar-refractivity contribution in [3.05, 3.63) is 47.2 Å². The minimum atomic E-state index is -0.178. The molecule has 0 aliphatic rings. The van der Waals surface area contributed by atoms with Gasteiger partial charge in [-0.05, 0) is 32.0 Å². The number of nitriles is 1. The topological polar surface area (TPSA) is 91.0 Å². The number of carbonyl (C=O) groups is 1. The summed E-state index contributed by atoms with van der Waals surface area (Å²) >= 11 is 0. The summed E-state index contributed by atoms with van der Waals surface area (Å²) in [6.07, 6.45) is 1.56. The highest BCUT2D eigenvalue weighted by atomic mass is 16.3. The molecule has 6 nitrogen and oxygen atoms in total. The van der Waals surface area contributed by atoms with Crippen LogP contribution in [0.25, 0.3) is 0 Å². The van der Waals surface area contributed by atoms with Crippen molar-refractivity contribution in [2.45, 2.75) is 20.4 Å². The maximum atomic E-state index is 11.8. The van der Waals surface area contributed by atoms with Crippen LogP contribution in [0.2, 0.25) is 0 Å². The SMILES string of the molecule is Cc1cc(NCC(=O)NCc2ccco2)c(C#N)c(C)n1. The highest BCUT2D eigenvalue weighted by Crippen LogP contribution is 2.18. The third-order valence-electron chi connectivity index (χ3n) is 2.92. The summed E-state index contributed by atoms with van der Waals surface area (Å²) in [4.78, 5) is 16.0. The van der Waals surface area contributed by atoms with Crippen LogP contribution in [-0.2, 0) is 11.3 Å². The maximum absolute atomic E-state index is 11.8. The first kappa shape index (κ1) is 14.6. The van der Waals surface area contributed by atoms with Crippen molar-refractivity contribution in [3.8, 4) is 6.07 Å². The molecule has 2 aromatic heterocycles. The van der Waals surface area contributed by atoms with Crippen LogP contribution >= 0.6 is 0 Å². The molecule has 0 aliphatic carbocycles. The standard InChI is InChI=1S/C15H16N4O2/c1-10-6-14(13(7-16)11(2)19-10)17-9-15(20)18-8-12-4-3-5-21-12/h3-6H,8-9H2,1-2H3,(H,17,19)(H,18,20). The van der Waals surface area contributed by atoms with Gasteiger partial charge in [0.05, 0.1) is 36.3 Å². The Hall–Kier alpha value is -2.81. The van der Waals surface area contributed by atoms with Crippen molar-refractivity contribution >= 4 is 11.6 Å². The lowest BCUT2D eigenvalue weighted by Gasteiger charge is -2.10. The number of nitrogens with zero attached hydrogens (tertiary/aromatic N) is 2. The van der Waals surface area contributed by atoms with Crippen molar-refractivity contribution < 1.29 is 9.21 Å². The van der Waals surface area contributed by atoms with Gasteiger partial charge in [0.2, 0.25) is 5.91 Å². The van der Waals surface area contributed by atoms with E-state index >= 15 is 0 Å². The van der Waals surface area contributed by atoms with E-state index in [4.69, 9.17) is 9.68 Å². The molecule has 2 rings (SSSR count). The predicted octanol–water partition coefficient (Wildman–Crippen LogP) is 1.89. The molecular formula is C15H16N4O2. The van der Waals surface area contributed by atoms with Crippen molar-refractivity contribution in [1.29, 1.82) is 5.26 Å². The summed E-state index contributed by atoms with van der Waals surface area (Å²) in [6, 6.07) is 7.41. The summed E-state index contributed by atoms with van der Waals surface area (Å²) < 4.78 is 5.13. The number of hydrogen-bond acceptors (Lipinski definition) is 5. The van der Waals surface area contributed by atoms with E-state index in [0.29, 0.717) is 29.2 Å². The number of carbonyl (C=O) groups excluding carboxylic acids is 1. The Kier molecular flexibility index (Phi) is 4.57. The highest BCUT2D eigenvalue weighted by molar-refractivity contribution is 5.81. The van der Waals surface area contributed by atoms with Crippen LogP contribution in [0.4, 0.5) is 5.69 Å². The minimum absolute atomic E-state index is 0.0816. The van der Waals surface area contributed by atoms with Gasteiger partial charge in [-0.1, -0.05) is 0 Å². The van der Waals surface area contributed by atoms with Crippen molar-refractivity contribution in [2.75, 3.05) is 11.9 Å². The van der Waals surface area contributed by atoms with Gasteiger partial charge in [0.1, 0.15) is 11.8 Å². The Morgan fingerprint density at radius 3 is 2.95 bits per heavy atom. The molecule has 0 aromatic carbocycles. The molecule has 2 heterocycles. The zero-order valence-corrected chi connectivity index (χ0v) is 11.9. The quantitative estimate of drug-likeness (QED) is 0.875. The first-order valence-electron chi connectivity index (χ1n) is 6.51. The van der Waals surface area contributed by atoms with Gasteiger partial charge in [-0.2, -0.15) is 5.26 Å². The molecule has 0 bridgehead atoms. The Morgan fingerprint density at radius 1 is 1.48 bits per heavy atom. The molecule has 0 unspecified atom stereocenters. The molecule has 0 saturated carbocycles. The van der Waals surface area contributed by atoms with E-state index in [2.05, 4.69) is 21.7 Å². The number of rotatable bonds is 5. The first-order chi connectivity index (χ1) is 10.1. The Morgan fingerprint density at radius 2 is 2.29 bits per heavy atom. The number of pyridine rings is 1. The van der Waals surface area contributed by atoms with Gasteiger partial charge in [0.15, 0.2) is 0 Å². The lowest BCUT2D eigenvalue weighted by Crippen LogP contribution is -2.29. The van der Waals surface area contributed by atoms with E-state index in [0.717, 1.165) is 5.69 Å². The third kappa shape index (κ3) is 3.83. The van der Waals surface area contributed by atoms with Crippen LogP contribution in [0.3, 0.4) is 0 Å². The number of anilines is 1. The average Bonchev–Trinajstić information content (AvgIpc) is 2.95. The Balaban J connectivity index is 1.93. The Labute approximate surface area is 122 Å². The largest absolute Gasteiger partial charge is 0.467 e. The van der Waals surface area contributed by atoms with Crippen molar-refractivity contribution in [2.24, 2.45) is 0 Å². The van der Waals surface area contributed by atoms with E-state index in [-0.39, 0.29) is 12.5 Å². The molecule has 0 saturated heterocycles. The van der Waals surface area contributed by atoms with E-state index in [1.807, 2.05) is 6.92 Å². The van der Waals surface area contributed by atoms with E-state index in [9.17, 15) is 4.79 Å². The Bertz CT molecular complexity index is 672. The molecule has 0 fully saturated rings. The maximum Gasteiger partial charge on any atom is 0.239 e. The molecule has 2 aromatic rings. The molecular weight excluding hydrogens is 268 g/mol. The van der Waals surface area contributed by atoms with Gasteiger partial charge in [0.25, 0.3) is 0 Å². The zero-order valence-electron chi connectivity index (χ0n) is 11.9. The number of aryl methyl sites for hydroxylation is 2. The van der Waals surface area contributed by atoms with Crippen LogP contribution in [-0.4, -0.2) is 17.4 Å². The second-order valence-corrected chi connectivity index (χ2v) is 4.59. The number of aromatic nitrogens is 1. The summed E-state index contributed by atoms with van der Waals surface area (Å²) in [5, 5.41) is 14.8. The molecule has 6 heteroatoms. The van der Waals surface area contributed by atoms with Crippen molar-refractivity contribution in [3.63, 3.8) is 0 Å². The fourth-order valence-electron chi connectivity index (χ4n) is 1.95. The molecule has 2 N–H and O–H groups in total. The molecule has 0 atom stereocenters. The smallest absolute Gasteiger partial charge is 0.239 e. The molecule has 0 spiro atoms. The van der Waals surface area contributed by atoms with E-state index < -0.39 is 0 Å². The van der Waals surface area contributed by atoms with Gasteiger partial charge in [-0.3, -0.25) is 9.78 Å². The average molecular weight is 284 g/mol. The highest BCUT2D eigenvalue weighted by Gasteiger charge is 2.09. The second-order valence-electron chi connectivity index (χ2n) is 4.59. The normalized spacial score (nSPS) is 9.95. The zero-order chi connectivity index (χ0) is 15.2. The molecule has 1 amide bonds. The first-order valence-corrected chi connectivity index (χ1v) is 6.51.